The first kappa shape index (κ1) is 20.7. The molecule has 0 saturated carbocycles. The Morgan fingerprint density at radius 3 is 2.06 bits per heavy atom. The maximum atomic E-state index is 8.00. The van der Waals surface area contributed by atoms with Crippen LogP contribution in [0, 0.1) is 11.3 Å². The average Bonchev–Trinajstić information content (AvgIpc) is 2.31. The molecule has 0 spiro atoms. The van der Waals surface area contributed by atoms with Crippen molar-refractivity contribution in [3.05, 3.63) is 0 Å². The number of hydrogen-bond donors (Lipinski definition) is 1. The van der Waals surface area contributed by atoms with E-state index in [1.54, 1.807) is 0 Å². The van der Waals surface area contributed by atoms with Crippen molar-refractivity contribution < 1.29 is 4.79 Å². The Hall–Kier alpha value is -0.700. The number of hydrogen-bond acceptors (Lipinski definition) is 3. The fourth-order valence-electron chi connectivity index (χ4n) is 1.44. The fourth-order valence-corrected chi connectivity index (χ4v) is 1.44. The lowest BCUT2D eigenvalue weighted by Crippen LogP contribution is -2.25. The van der Waals surface area contributed by atoms with Gasteiger partial charge in [-0.1, -0.05) is 34.6 Å². The summed E-state index contributed by atoms with van der Waals surface area (Å²) in [6, 6.07) is 0. The standard InChI is InChI=1S/C10H22N2.C2H6.CH2O/c1-9(5-6-12-4)7-10(2,3)8-11;2*1-2/h9H,4-8,11H2,1-3H3;1-2H3;1H2. The molecular weight excluding hydrogens is 200 g/mol. The predicted octanol–water partition coefficient (Wildman–Crippen LogP) is 2.93. The summed E-state index contributed by atoms with van der Waals surface area (Å²) in [7, 11) is 0. The van der Waals surface area contributed by atoms with Crippen molar-refractivity contribution in [2.45, 2.75) is 47.5 Å². The minimum atomic E-state index is 0.278. The van der Waals surface area contributed by atoms with Crippen LogP contribution in [0.4, 0.5) is 0 Å². The molecule has 0 aromatic carbocycles. The summed E-state index contributed by atoms with van der Waals surface area (Å²) in [4.78, 5) is 11.9. The summed E-state index contributed by atoms with van der Waals surface area (Å²) in [6.07, 6.45) is 2.31. The number of aliphatic imine (C=N–C) groups is 1. The SMILES string of the molecule is C=NCCC(C)CC(C)(C)CN.C=O.CC. The Balaban J connectivity index is -0.000000376. The van der Waals surface area contributed by atoms with Crippen LogP contribution in [0.3, 0.4) is 0 Å². The first-order chi connectivity index (χ1) is 7.52. The molecule has 0 radical (unpaired) electrons. The van der Waals surface area contributed by atoms with Crippen LogP contribution in [0.5, 0.6) is 0 Å². The van der Waals surface area contributed by atoms with Gasteiger partial charge in [0.05, 0.1) is 0 Å². The van der Waals surface area contributed by atoms with Gasteiger partial charge in [-0.05, 0) is 37.4 Å². The normalized spacial score (nSPS) is 11.4. The smallest absolute Gasteiger partial charge is 0.106 e. The molecule has 3 heteroatoms. The zero-order valence-electron chi connectivity index (χ0n) is 11.8. The quantitative estimate of drug-likeness (QED) is 0.713. The molecule has 1 atom stereocenters. The van der Waals surface area contributed by atoms with Crippen LogP contribution in [0.2, 0.25) is 0 Å². The van der Waals surface area contributed by atoms with Crippen LogP contribution in [-0.4, -0.2) is 26.6 Å². The summed E-state index contributed by atoms with van der Waals surface area (Å²) < 4.78 is 0. The van der Waals surface area contributed by atoms with Gasteiger partial charge in [-0.3, -0.25) is 0 Å². The second-order valence-corrected chi connectivity index (χ2v) is 4.41. The molecule has 0 bridgehead atoms. The molecule has 2 N–H and O–H groups in total. The maximum Gasteiger partial charge on any atom is 0.106 e. The van der Waals surface area contributed by atoms with E-state index >= 15 is 0 Å². The van der Waals surface area contributed by atoms with E-state index in [2.05, 4.69) is 32.5 Å². The summed E-state index contributed by atoms with van der Waals surface area (Å²) in [6.45, 7) is 17.8. The topological polar surface area (TPSA) is 55.4 Å². The second kappa shape index (κ2) is 14.3. The van der Waals surface area contributed by atoms with Crippen molar-refractivity contribution in [3.63, 3.8) is 0 Å². The van der Waals surface area contributed by atoms with Crippen molar-refractivity contribution in [3.8, 4) is 0 Å². The van der Waals surface area contributed by atoms with Gasteiger partial charge < -0.3 is 15.5 Å². The molecule has 0 fully saturated rings. The van der Waals surface area contributed by atoms with Gasteiger partial charge in [-0.15, -0.1) is 0 Å². The third-order valence-corrected chi connectivity index (χ3v) is 2.23. The minimum Gasteiger partial charge on any atom is -0.330 e. The van der Waals surface area contributed by atoms with Crippen molar-refractivity contribution in [2.24, 2.45) is 22.1 Å². The Labute approximate surface area is 102 Å². The highest BCUT2D eigenvalue weighted by molar-refractivity contribution is 5.23. The van der Waals surface area contributed by atoms with E-state index < -0.39 is 0 Å². The molecule has 0 aliphatic carbocycles. The fraction of sp³-hybridized carbons (Fsp3) is 0.846. The Morgan fingerprint density at radius 2 is 1.75 bits per heavy atom. The first-order valence-electron chi connectivity index (χ1n) is 5.93. The zero-order chi connectivity index (χ0) is 13.6. The molecule has 16 heavy (non-hydrogen) atoms. The van der Waals surface area contributed by atoms with E-state index in [4.69, 9.17) is 10.5 Å². The highest BCUT2D eigenvalue weighted by Gasteiger charge is 2.18. The molecule has 0 amide bonds. The van der Waals surface area contributed by atoms with E-state index in [0.717, 1.165) is 19.5 Å². The molecule has 0 aromatic heterocycles. The molecule has 3 nitrogen and oxygen atoms in total. The Bertz CT molecular complexity index is 147. The molecular formula is C13H30N2O. The van der Waals surface area contributed by atoms with Crippen molar-refractivity contribution >= 4 is 13.5 Å². The van der Waals surface area contributed by atoms with E-state index in [0.29, 0.717) is 5.92 Å². The van der Waals surface area contributed by atoms with Crippen LogP contribution >= 0.6 is 0 Å². The lowest BCUT2D eigenvalue weighted by Gasteiger charge is -2.25. The van der Waals surface area contributed by atoms with Crippen molar-refractivity contribution in [2.75, 3.05) is 13.1 Å². The molecule has 0 aliphatic rings. The van der Waals surface area contributed by atoms with Crippen molar-refractivity contribution in [1.82, 2.24) is 0 Å². The zero-order valence-corrected chi connectivity index (χ0v) is 11.8. The van der Waals surface area contributed by atoms with Gasteiger partial charge in [0.25, 0.3) is 0 Å². The van der Waals surface area contributed by atoms with E-state index in [1.807, 2.05) is 20.6 Å². The van der Waals surface area contributed by atoms with E-state index in [9.17, 15) is 0 Å². The van der Waals surface area contributed by atoms with Gasteiger partial charge in [0.15, 0.2) is 0 Å². The largest absolute Gasteiger partial charge is 0.330 e. The first-order valence-corrected chi connectivity index (χ1v) is 5.93. The van der Waals surface area contributed by atoms with Gasteiger partial charge in [0.2, 0.25) is 0 Å². The predicted molar refractivity (Wildman–Crippen MR) is 74.1 cm³/mol. The lowest BCUT2D eigenvalue weighted by atomic mass is 9.82. The molecule has 0 heterocycles. The van der Waals surface area contributed by atoms with Crippen LogP contribution in [0.1, 0.15) is 47.5 Å². The summed E-state index contributed by atoms with van der Waals surface area (Å²) in [5.41, 5.74) is 5.93. The number of carbonyl (C=O) groups excluding carboxylic acids is 1. The molecule has 0 saturated heterocycles. The van der Waals surface area contributed by atoms with Crippen molar-refractivity contribution in [1.29, 1.82) is 0 Å². The number of rotatable bonds is 6. The van der Waals surface area contributed by atoms with Crippen LogP contribution < -0.4 is 5.73 Å². The van der Waals surface area contributed by atoms with E-state index in [-0.39, 0.29) is 5.41 Å². The minimum absolute atomic E-state index is 0.278. The van der Waals surface area contributed by atoms with Gasteiger partial charge >= 0.3 is 0 Å². The third kappa shape index (κ3) is 15.8. The Morgan fingerprint density at radius 1 is 1.31 bits per heavy atom. The summed E-state index contributed by atoms with van der Waals surface area (Å²) in [5.74, 6) is 0.703. The molecule has 0 rings (SSSR count). The van der Waals surface area contributed by atoms with Crippen LogP contribution in [-0.2, 0) is 4.79 Å². The van der Waals surface area contributed by atoms with E-state index in [1.165, 1.54) is 6.42 Å². The van der Waals surface area contributed by atoms with Gasteiger partial charge in [-0.25, -0.2) is 0 Å². The molecule has 0 aromatic rings. The molecule has 1 unspecified atom stereocenters. The maximum absolute atomic E-state index is 8.00. The summed E-state index contributed by atoms with van der Waals surface area (Å²) in [5, 5.41) is 0. The van der Waals surface area contributed by atoms with Crippen LogP contribution in [0.15, 0.2) is 4.99 Å². The van der Waals surface area contributed by atoms with Gasteiger partial charge in [0, 0.05) is 6.54 Å². The average molecular weight is 230 g/mol. The molecule has 98 valence electrons. The monoisotopic (exact) mass is 230 g/mol. The second-order valence-electron chi connectivity index (χ2n) is 4.41. The lowest BCUT2D eigenvalue weighted by molar-refractivity contribution is -0.0979. The molecule has 0 aliphatic heterocycles. The number of carbonyl (C=O) groups is 1. The highest BCUT2D eigenvalue weighted by atomic mass is 16.1. The third-order valence-electron chi connectivity index (χ3n) is 2.23. The summed E-state index contributed by atoms with van der Waals surface area (Å²) >= 11 is 0. The Kier molecular flexibility index (Phi) is 18.5. The highest BCUT2D eigenvalue weighted by Crippen LogP contribution is 2.25. The number of nitrogens with zero attached hydrogens (tertiary/aromatic N) is 1. The van der Waals surface area contributed by atoms with Crippen LogP contribution in [0.25, 0.3) is 0 Å². The van der Waals surface area contributed by atoms with Gasteiger partial charge in [0.1, 0.15) is 6.79 Å². The van der Waals surface area contributed by atoms with Gasteiger partial charge in [-0.2, -0.15) is 0 Å². The number of nitrogens with two attached hydrogens (primary N) is 1.